The van der Waals surface area contributed by atoms with Crippen molar-refractivity contribution in [1.82, 2.24) is 20.1 Å². The fourth-order valence-corrected chi connectivity index (χ4v) is 3.97. The molecule has 1 amide bonds. The minimum Gasteiger partial charge on any atom is -0.351 e. The van der Waals surface area contributed by atoms with E-state index in [9.17, 15) is 4.79 Å². The maximum atomic E-state index is 10.8. The minimum atomic E-state index is 0.382. The molecule has 1 aromatic heterocycles. The standard InChI is InChI=1S/C23H24N4O.C5H10.C4H11N.C2H6/c28-17-24-15-23-26-25-22(14-13-18-7-2-1-3-8-18)27(23)16-20-11-6-10-19-9-4-5-12-21(19)20;1-4-5(2)3;1-2-3-4-5;1-2/h1-7,9-12,17-18H,8,13-16H2,(H,24,28);4H,1-3H3;2-5H2,1H3;1-2H3. The number of amides is 1. The third-order valence-electron chi connectivity index (χ3n) is 6.40. The van der Waals surface area contributed by atoms with Crippen LogP contribution in [0.3, 0.4) is 0 Å². The zero-order chi connectivity index (χ0) is 29.6. The number of hydrogen-bond acceptors (Lipinski definition) is 4. The van der Waals surface area contributed by atoms with Gasteiger partial charge in [0, 0.05) is 6.42 Å². The van der Waals surface area contributed by atoms with Crippen molar-refractivity contribution in [2.45, 2.75) is 86.7 Å². The van der Waals surface area contributed by atoms with Crippen LogP contribution in [0.15, 0.2) is 78.4 Å². The summed E-state index contributed by atoms with van der Waals surface area (Å²) in [6, 6.07) is 14.8. The molecule has 2 aromatic carbocycles. The van der Waals surface area contributed by atoms with Crippen LogP contribution in [-0.4, -0.2) is 27.7 Å². The van der Waals surface area contributed by atoms with Crippen LogP contribution in [0.25, 0.3) is 10.8 Å². The van der Waals surface area contributed by atoms with Gasteiger partial charge in [0.05, 0.1) is 13.1 Å². The van der Waals surface area contributed by atoms with E-state index in [1.165, 1.54) is 34.8 Å². The second-order valence-corrected chi connectivity index (χ2v) is 9.61. The van der Waals surface area contributed by atoms with Crippen LogP contribution < -0.4 is 11.1 Å². The summed E-state index contributed by atoms with van der Waals surface area (Å²) in [5.74, 6) is 2.30. The van der Waals surface area contributed by atoms with Crippen molar-refractivity contribution in [2.75, 3.05) is 6.54 Å². The number of nitrogens with zero attached hydrogens (tertiary/aromatic N) is 3. The number of nitrogens with two attached hydrogens (primary N) is 1. The molecule has 6 heteroatoms. The highest BCUT2D eigenvalue weighted by Gasteiger charge is 2.15. The zero-order valence-corrected chi connectivity index (χ0v) is 25.6. The Morgan fingerprint density at radius 3 is 2.38 bits per heavy atom. The first kappa shape index (κ1) is 34.5. The van der Waals surface area contributed by atoms with Crippen molar-refractivity contribution in [3.8, 4) is 0 Å². The Morgan fingerprint density at radius 2 is 1.77 bits per heavy atom. The normalized spacial score (nSPS) is 13.1. The maximum absolute atomic E-state index is 10.8. The van der Waals surface area contributed by atoms with Crippen molar-refractivity contribution in [2.24, 2.45) is 11.7 Å². The highest BCUT2D eigenvalue weighted by Crippen LogP contribution is 2.22. The summed E-state index contributed by atoms with van der Waals surface area (Å²) in [6.45, 7) is 14.3. The molecule has 1 aliphatic rings. The lowest BCUT2D eigenvalue weighted by molar-refractivity contribution is -0.109. The number of aromatic nitrogens is 3. The molecule has 0 fully saturated rings. The average molecular weight is 546 g/mol. The first-order valence-electron chi connectivity index (χ1n) is 14.7. The first-order valence-corrected chi connectivity index (χ1v) is 14.7. The van der Waals surface area contributed by atoms with Gasteiger partial charge in [-0.25, -0.2) is 0 Å². The van der Waals surface area contributed by atoms with E-state index in [2.05, 4.69) is 114 Å². The van der Waals surface area contributed by atoms with E-state index in [-0.39, 0.29) is 0 Å². The molecule has 6 nitrogen and oxygen atoms in total. The SMILES string of the molecule is CC.CC=C(C)C.CCCCN.O=CNCc1nnc(CCC2C=CC=CC2)n1Cc1cccc2ccccc12. The third kappa shape index (κ3) is 12.6. The number of unbranched alkanes of at least 4 members (excludes halogenated alkanes) is 1. The molecule has 0 spiro atoms. The van der Waals surface area contributed by atoms with Crippen LogP contribution in [-0.2, 0) is 24.3 Å². The summed E-state index contributed by atoms with van der Waals surface area (Å²) in [4.78, 5) is 10.8. The number of aryl methyl sites for hydroxylation is 1. The number of hydrogen-bond donors (Lipinski definition) is 2. The molecule has 0 saturated carbocycles. The van der Waals surface area contributed by atoms with Gasteiger partial charge in [0.1, 0.15) is 5.82 Å². The summed E-state index contributed by atoms with van der Waals surface area (Å²) < 4.78 is 2.15. The molecule has 0 aliphatic heterocycles. The molecule has 40 heavy (non-hydrogen) atoms. The van der Waals surface area contributed by atoms with Crippen molar-refractivity contribution in [1.29, 1.82) is 0 Å². The molecule has 4 rings (SSSR count). The van der Waals surface area contributed by atoms with Gasteiger partial charge in [-0.2, -0.15) is 0 Å². The second-order valence-electron chi connectivity index (χ2n) is 9.61. The molecule has 0 radical (unpaired) electrons. The van der Waals surface area contributed by atoms with E-state index >= 15 is 0 Å². The first-order chi connectivity index (χ1) is 19.5. The fourth-order valence-electron chi connectivity index (χ4n) is 3.97. The number of carbonyl (C=O) groups excluding carboxylic acids is 1. The topological polar surface area (TPSA) is 85.8 Å². The van der Waals surface area contributed by atoms with Crippen molar-refractivity contribution in [3.63, 3.8) is 0 Å². The summed E-state index contributed by atoms with van der Waals surface area (Å²) in [5, 5.41) is 14.0. The largest absolute Gasteiger partial charge is 0.351 e. The Bertz CT molecular complexity index is 1180. The van der Waals surface area contributed by atoms with Gasteiger partial charge < -0.3 is 15.6 Å². The van der Waals surface area contributed by atoms with Crippen molar-refractivity contribution in [3.05, 3.63) is 95.6 Å². The summed E-state index contributed by atoms with van der Waals surface area (Å²) >= 11 is 0. The molecule has 3 aromatic rings. The monoisotopic (exact) mass is 545 g/mol. The Morgan fingerprint density at radius 1 is 1.07 bits per heavy atom. The number of rotatable bonds is 10. The lowest BCUT2D eigenvalue weighted by atomic mass is 9.95. The predicted molar refractivity (Wildman–Crippen MR) is 171 cm³/mol. The maximum Gasteiger partial charge on any atom is 0.207 e. The Kier molecular flexibility index (Phi) is 18.4. The van der Waals surface area contributed by atoms with Gasteiger partial charge in [-0.3, -0.25) is 4.79 Å². The Labute approximate surface area is 242 Å². The molecule has 3 N–H and O–H groups in total. The van der Waals surface area contributed by atoms with E-state index in [1.807, 2.05) is 20.8 Å². The van der Waals surface area contributed by atoms with E-state index in [0.29, 0.717) is 25.4 Å². The molecule has 1 unspecified atom stereocenters. The van der Waals surface area contributed by atoms with Gasteiger partial charge >= 0.3 is 0 Å². The Balaban J connectivity index is 0.000000568. The van der Waals surface area contributed by atoms with Gasteiger partial charge in [0.15, 0.2) is 5.82 Å². The summed E-state index contributed by atoms with van der Waals surface area (Å²) in [5.41, 5.74) is 7.75. The van der Waals surface area contributed by atoms with Crippen LogP contribution in [0, 0.1) is 5.92 Å². The number of carbonyl (C=O) groups is 1. The molecular weight excluding hydrogens is 494 g/mol. The number of nitrogens with one attached hydrogen (secondary N) is 1. The number of benzene rings is 2. The van der Waals surface area contributed by atoms with Gasteiger partial charge in [-0.15, -0.1) is 10.2 Å². The van der Waals surface area contributed by atoms with E-state index in [1.54, 1.807) is 0 Å². The lowest BCUT2D eigenvalue weighted by Gasteiger charge is -2.15. The van der Waals surface area contributed by atoms with Crippen LogP contribution in [0.5, 0.6) is 0 Å². The molecule has 0 bridgehead atoms. The van der Waals surface area contributed by atoms with Crippen molar-refractivity contribution >= 4 is 17.2 Å². The molecule has 0 saturated heterocycles. The average Bonchev–Trinajstić information content (AvgIpc) is 3.38. The highest BCUT2D eigenvalue weighted by atomic mass is 16.1. The third-order valence-corrected chi connectivity index (χ3v) is 6.40. The second kappa shape index (κ2) is 21.3. The molecular formula is C34H51N5O. The molecule has 218 valence electrons. The smallest absolute Gasteiger partial charge is 0.207 e. The molecule has 1 aliphatic carbocycles. The van der Waals surface area contributed by atoms with E-state index in [0.717, 1.165) is 37.5 Å². The number of allylic oxidation sites excluding steroid dienone is 6. The molecule has 1 atom stereocenters. The van der Waals surface area contributed by atoms with Gasteiger partial charge in [-0.05, 0) is 68.8 Å². The van der Waals surface area contributed by atoms with Crippen molar-refractivity contribution < 1.29 is 4.79 Å². The van der Waals surface area contributed by atoms with E-state index < -0.39 is 0 Å². The van der Waals surface area contributed by atoms with Gasteiger partial charge in [0.25, 0.3) is 0 Å². The van der Waals surface area contributed by atoms with Crippen LogP contribution in [0.4, 0.5) is 0 Å². The highest BCUT2D eigenvalue weighted by molar-refractivity contribution is 5.85. The fraction of sp³-hybridized carbons (Fsp3) is 0.441. The summed E-state index contributed by atoms with van der Waals surface area (Å²) in [6.07, 6.45) is 16.8. The molecule has 1 heterocycles. The van der Waals surface area contributed by atoms with Crippen LogP contribution in [0.1, 0.15) is 84.4 Å². The zero-order valence-electron chi connectivity index (χ0n) is 25.6. The predicted octanol–water partition coefficient (Wildman–Crippen LogP) is 7.53. The lowest BCUT2D eigenvalue weighted by Crippen LogP contribution is -2.17. The minimum absolute atomic E-state index is 0.382. The quantitative estimate of drug-likeness (QED) is 0.204. The van der Waals surface area contributed by atoms with Crippen LogP contribution >= 0.6 is 0 Å². The van der Waals surface area contributed by atoms with E-state index in [4.69, 9.17) is 5.73 Å². The van der Waals surface area contributed by atoms with Crippen LogP contribution in [0.2, 0.25) is 0 Å². The Hall–Kier alpha value is -3.51. The van der Waals surface area contributed by atoms with Gasteiger partial charge in [0.2, 0.25) is 6.41 Å². The van der Waals surface area contributed by atoms with Gasteiger partial charge in [-0.1, -0.05) is 106 Å². The summed E-state index contributed by atoms with van der Waals surface area (Å²) in [7, 11) is 0. The number of fused-ring (bicyclic) bond motifs is 1.